The minimum atomic E-state index is -4.12. The molecule has 0 saturated carbocycles. The number of ether oxygens (including phenoxy) is 1. The van der Waals surface area contributed by atoms with Crippen LogP contribution in [-0.2, 0) is 19.0 Å². The van der Waals surface area contributed by atoms with Crippen molar-refractivity contribution >= 4 is 15.4 Å². The molecule has 60 valence electrons. The molecule has 0 aliphatic carbocycles. The highest BCUT2D eigenvalue weighted by molar-refractivity contribution is 8.01. The zero-order valence-electron chi connectivity index (χ0n) is 5.66. The lowest BCUT2D eigenvalue weighted by molar-refractivity contribution is 0.190. The highest BCUT2D eigenvalue weighted by Gasteiger charge is 2.22. The maximum absolute atomic E-state index is 10.5. The van der Waals surface area contributed by atoms with E-state index in [2.05, 4.69) is 8.92 Å². The van der Waals surface area contributed by atoms with Gasteiger partial charge in [-0.1, -0.05) is 0 Å². The summed E-state index contributed by atoms with van der Waals surface area (Å²) in [5.74, 6) is 0. The van der Waals surface area contributed by atoms with Crippen LogP contribution >= 0.6 is 0 Å². The second kappa shape index (κ2) is 3.52. The Morgan fingerprint density at radius 1 is 1.50 bits per heavy atom. The minimum Gasteiger partial charge on any atom is -0.456 e. The van der Waals surface area contributed by atoms with Crippen LogP contribution in [0.5, 0.6) is 0 Å². The van der Waals surface area contributed by atoms with E-state index in [1.807, 2.05) is 0 Å². The first-order chi connectivity index (χ1) is 4.54. The summed E-state index contributed by atoms with van der Waals surface area (Å²) < 4.78 is 28.9. The van der Waals surface area contributed by atoms with E-state index in [1.165, 1.54) is 6.92 Å². The Hall–Kier alpha value is -0.620. The summed E-state index contributed by atoms with van der Waals surface area (Å²) >= 11 is 0. The predicted molar refractivity (Wildman–Crippen MR) is 33.0 cm³/mol. The van der Waals surface area contributed by atoms with Gasteiger partial charge in [0.1, 0.15) is 0 Å². The summed E-state index contributed by atoms with van der Waals surface area (Å²) in [5, 5.41) is -1.37. The first-order valence-corrected chi connectivity index (χ1v) is 3.92. The van der Waals surface area contributed by atoms with Crippen molar-refractivity contribution in [2.45, 2.75) is 6.92 Å². The number of hydrogen-bond acceptors (Lipinski definition) is 5. The molecule has 0 aromatic heterocycles. The molecule has 10 heavy (non-hydrogen) atoms. The van der Waals surface area contributed by atoms with Crippen molar-refractivity contribution in [1.82, 2.24) is 0 Å². The standard InChI is InChI=1S/C4H8O5S/c1-3-9-10(6,7)4(5)8-2/h3H2,1-2H3. The van der Waals surface area contributed by atoms with Crippen molar-refractivity contribution < 1.29 is 22.1 Å². The number of carbonyl (C=O) groups is 1. The molecule has 0 aliphatic heterocycles. The molecule has 0 heterocycles. The quantitative estimate of drug-likeness (QED) is 0.432. The summed E-state index contributed by atoms with van der Waals surface area (Å²) in [6.07, 6.45) is 0. The Kier molecular flexibility index (Phi) is 3.31. The summed E-state index contributed by atoms with van der Waals surface area (Å²) in [5.41, 5.74) is 0. The maximum atomic E-state index is 10.5. The fraction of sp³-hybridized carbons (Fsp3) is 0.750. The van der Waals surface area contributed by atoms with Gasteiger partial charge in [-0.05, 0) is 6.92 Å². The third kappa shape index (κ3) is 2.32. The van der Waals surface area contributed by atoms with Gasteiger partial charge in [-0.25, -0.2) is 4.79 Å². The highest BCUT2D eigenvalue weighted by atomic mass is 32.2. The van der Waals surface area contributed by atoms with Crippen molar-refractivity contribution in [3.8, 4) is 0 Å². The zero-order chi connectivity index (χ0) is 8.20. The van der Waals surface area contributed by atoms with Gasteiger partial charge in [-0.2, -0.15) is 8.42 Å². The molecule has 0 aliphatic rings. The number of methoxy groups -OCH3 is 1. The SMILES string of the molecule is CCOS(=O)(=O)C(=O)OC. The predicted octanol–water partition coefficient (Wildman–Crippen LogP) is 0.119. The van der Waals surface area contributed by atoms with E-state index in [0.717, 1.165) is 7.11 Å². The molecule has 0 aromatic carbocycles. The molecule has 0 radical (unpaired) electrons. The van der Waals surface area contributed by atoms with Crippen LogP contribution in [0.15, 0.2) is 0 Å². The van der Waals surface area contributed by atoms with Crippen molar-refractivity contribution in [3.63, 3.8) is 0 Å². The smallest absolute Gasteiger partial charge is 0.451 e. The average Bonchev–Trinajstić information content (AvgIpc) is 1.86. The molecule has 5 nitrogen and oxygen atoms in total. The van der Waals surface area contributed by atoms with Gasteiger partial charge in [0.05, 0.1) is 13.7 Å². The topological polar surface area (TPSA) is 69.7 Å². The molecule has 0 bridgehead atoms. The van der Waals surface area contributed by atoms with E-state index in [4.69, 9.17) is 0 Å². The first-order valence-electron chi connectivity index (χ1n) is 2.52. The molecule has 0 aromatic rings. The molecule has 0 unspecified atom stereocenters. The van der Waals surface area contributed by atoms with Crippen LogP contribution in [0.1, 0.15) is 6.92 Å². The van der Waals surface area contributed by atoms with Crippen LogP contribution < -0.4 is 0 Å². The molecule has 0 amide bonds. The van der Waals surface area contributed by atoms with Gasteiger partial charge in [-0.3, -0.25) is 4.18 Å². The van der Waals surface area contributed by atoms with Crippen LogP contribution in [0.2, 0.25) is 0 Å². The molecule has 0 spiro atoms. The van der Waals surface area contributed by atoms with Gasteiger partial charge < -0.3 is 4.74 Å². The fourth-order valence-electron chi connectivity index (χ4n) is 0.305. The number of hydrogen-bond donors (Lipinski definition) is 0. The van der Waals surface area contributed by atoms with E-state index >= 15 is 0 Å². The minimum absolute atomic E-state index is 0.0720. The zero-order valence-corrected chi connectivity index (χ0v) is 6.47. The Morgan fingerprint density at radius 2 is 2.00 bits per heavy atom. The summed E-state index contributed by atoms with van der Waals surface area (Å²) in [6, 6.07) is 0. The second-order valence-corrected chi connectivity index (χ2v) is 2.79. The third-order valence-corrected chi connectivity index (χ3v) is 1.76. The molecule has 0 rings (SSSR count). The van der Waals surface area contributed by atoms with E-state index in [1.54, 1.807) is 0 Å². The van der Waals surface area contributed by atoms with E-state index in [-0.39, 0.29) is 6.61 Å². The van der Waals surface area contributed by atoms with Crippen molar-refractivity contribution in [2.24, 2.45) is 0 Å². The largest absolute Gasteiger partial charge is 0.456 e. The van der Waals surface area contributed by atoms with Gasteiger partial charge in [0.15, 0.2) is 0 Å². The monoisotopic (exact) mass is 168 g/mol. The van der Waals surface area contributed by atoms with Crippen LogP contribution in [0, 0.1) is 0 Å². The summed E-state index contributed by atoms with van der Waals surface area (Å²) in [6.45, 7) is 1.39. The highest BCUT2D eigenvalue weighted by Crippen LogP contribution is 1.96. The molecular weight excluding hydrogens is 160 g/mol. The lowest BCUT2D eigenvalue weighted by Crippen LogP contribution is -2.17. The summed E-state index contributed by atoms with van der Waals surface area (Å²) in [7, 11) is -3.15. The maximum Gasteiger partial charge on any atom is 0.451 e. The molecule has 0 saturated heterocycles. The van der Waals surface area contributed by atoms with Crippen molar-refractivity contribution in [1.29, 1.82) is 0 Å². The van der Waals surface area contributed by atoms with Crippen LogP contribution in [-0.4, -0.2) is 27.4 Å². The number of rotatable bonds is 2. The Morgan fingerprint density at radius 3 is 2.30 bits per heavy atom. The van der Waals surface area contributed by atoms with Crippen molar-refractivity contribution in [3.05, 3.63) is 0 Å². The molecular formula is C4H8O5S. The fourth-order valence-corrected chi connectivity index (χ4v) is 0.916. The normalized spacial score (nSPS) is 11.0. The van der Waals surface area contributed by atoms with Gasteiger partial charge in [0.25, 0.3) is 0 Å². The van der Waals surface area contributed by atoms with E-state index in [9.17, 15) is 13.2 Å². The lowest BCUT2D eigenvalue weighted by Gasteiger charge is -1.98. The second-order valence-electron chi connectivity index (χ2n) is 1.31. The van der Waals surface area contributed by atoms with Gasteiger partial charge >= 0.3 is 15.4 Å². The average molecular weight is 168 g/mol. The molecule has 0 N–H and O–H groups in total. The van der Waals surface area contributed by atoms with Gasteiger partial charge in [0.2, 0.25) is 0 Å². The molecule has 0 atom stereocenters. The van der Waals surface area contributed by atoms with Gasteiger partial charge in [0, 0.05) is 0 Å². The molecule has 0 fully saturated rings. The number of carbonyl (C=O) groups excluding carboxylic acids is 1. The van der Waals surface area contributed by atoms with Gasteiger partial charge in [-0.15, -0.1) is 0 Å². The van der Waals surface area contributed by atoms with Crippen LogP contribution in [0.4, 0.5) is 4.79 Å². The Bertz CT molecular complexity index is 204. The van der Waals surface area contributed by atoms with E-state index < -0.39 is 15.4 Å². The summed E-state index contributed by atoms with van der Waals surface area (Å²) in [4.78, 5) is 10.3. The van der Waals surface area contributed by atoms with Crippen molar-refractivity contribution in [2.75, 3.05) is 13.7 Å². The van der Waals surface area contributed by atoms with Crippen LogP contribution in [0.25, 0.3) is 0 Å². The first kappa shape index (κ1) is 9.38. The lowest BCUT2D eigenvalue weighted by atomic mass is 10.9. The van der Waals surface area contributed by atoms with E-state index in [0.29, 0.717) is 0 Å². The molecule has 6 heteroatoms. The Labute approximate surface area is 59.1 Å². The van der Waals surface area contributed by atoms with Crippen LogP contribution in [0.3, 0.4) is 0 Å². The Balaban J connectivity index is 4.27. The third-order valence-electron chi connectivity index (χ3n) is 0.644.